The number of hydrogen-bond donors (Lipinski definition) is 1. The average molecular weight is 290 g/mol. The van der Waals surface area contributed by atoms with Gasteiger partial charge >= 0.3 is 0 Å². The Labute approximate surface area is 120 Å². The molecule has 2 rings (SSSR count). The second-order valence-corrected chi connectivity index (χ2v) is 5.02. The molecule has 6 nitrogen and oxygen atoms in total. The molecule has 1 N–H and O–H groups in total. The standard InChI is InChI=1S/C13H14N4O2S/c1-3-11-12(14-2)15-8-16-13(11)20-10-6-4-9(5-7-10)17(18)19/h4-8H,3H2,1-2H3,(H,14,15,16). The fourth-order valence-electron chi connectivity index (χ4n) is 1.77. The predicted octanol–water partition coefficient (Wildman–Crippen LogP) is 3.14. The zero-order chi connectivity index (χ0) is 14.5. The third-order valence-corrected chi connectivity index (χ3v) is 3.81. The van der Waals surface area contributed by atoms with Crippen LogP contribution in [0, 0.1) is 10.1 Å². The molecule has 0 saturated carbocycles. The van der Waals surface area contributed by atoms with Gasteiger partial charge in [0, 0.05) is 29.6 Å². The molecule has 0 bridgehead atoms. The van der Waals surface area contributed by atoms with Crippen molar-refractivity contribution in [1.82, 2.24) is 9.97 Å². The fraction of sp³-hybridized carbons (Fsp3) is 0.231. The van der Waals surface area contributed by atoms with Crippen molar-refractivity contribution in [3.05, 3.63) is 46.3 Å². The summed E-state index contributed by atoms with van der Waals surface area (Å²) in [5.74, 6) is 0.812. The maximum atomic E-state index is 10.6. The van der Waals surface area contributed by atoms with Crippen LogP contribution in [0.15, 0.2) is 40.5 Å². The van der Waals surface area contributed by atoms with Gasteiger partial charge in [-0.25, -0.2) is 9.97 Å². The first-order chi connectivity index (χ1) is 9.65. The van der Waals surface area contributed by atoms with Gasteiger partial charge in [0.15, 0.2) is 0 Å². The van der Waals surface area contributed by atoms with Gasteiger partial charge in [-0.3, -0.25) is 10.1 Å². The van der Waals surface area contributed by atoms with Gasteiger partial charge in [0.2, 0.25) is 0 Å². The molecular formula is C13H14N4O2S. The monoisotopic (exact) mass is 290 g/mol. The van der Waals surface area contributed by atoms with E-state index in [1.54, 1.807) is 12.1 Å². The zero-order valence-electron chi connectivity index (χ0n) is 11.2. The summed E-state index contributed by atoms with van der Waals surface area (Å²) in [7, 11) is 1.82. The number of nitrogens with one attached hydrogen (secondary N) is 1. The van der Waals surface area contributed by atoms with Crippen LogP contribution < -0.4 is 5.32 Å². The number of nitrogens with zero attached hydrogens (tertiary/aromatic N) is 3. The van der Waals surface area contributed by atoms with E-state index >= 15 is 0 Å². The highest BCUT2D eigenvalue weighted by molar-refractivity contribution is 7.99. The van der Waals surface area contributed by atoms with Gasteiger partial charge in [-0.15, -0.1) is 0 Å². The molecule has 0 aliphatic carbocycles. The topological polar surface area (TPSA) is 81.0 Å². The van der Waals surface area contributed by atoms with Crippen molar-refractivity contribution >= 4 is 23.3 Å². The molecule has 0 unspecified atom stereocenters. The number of hydrogen-bond acceptors (Lipinski definition) is 6. The first-order valence-corrected chi connectivity index (χ1v) is 6.91. The lowest BCUT2D eigenvalue weighted by atomic mass is 10.2. The van der Waals surface area contributed by atoms with Gasteiger partial charge in [-0.2, -0.15) is 0 Å². The van der Waals surface area contributed by atoms with E-state index in [4.69, 9.17) is 0 Å². The molecular weight excluding hydrogens is 276 g/mol. The maximum absolute atomic E-state index is 10.6. The summed E-state index contributed by atoms with van der Waals surface area (Å²) in [4.78, 5) is 19.6. The number of aromatic nitrogens is 2. The highest BCUT2D eigenvalue weighted by Gasteiger charge is 2.11. The van der Waals surface area contributed by atoms with E-state index in [1.807, 2.05) is 14.0 Å². The minimum absolute atomic E-state index is 0.0867. The number of nitro benzene ring substituents is 1. The Bertz CT molecular complexity index is 616. The summed E-state index contributed by atoms with van der Waals surface area (Å²) < 4.78 is 0. The second kappa shape index (κ2) is 6.33. The van der Waals surface area contributed by atoms with Crippen LogP contribution in [0.5, 0.6) is 0 Å². The number of nitro groups is 1. The summed E-state index contributed by atoms with van der Waals surface area (Å²) in [6, 6.07) is 6.44. The van der Waals surface area contributed by atoms with Crippen LogP contribution >= 0.6 is 11.8 Å². The van der Waals surface area contributed by atoms with Gasteiger partial charge in [0.25, 0.3) is 5.69 Å². The van der Waals surface area contributed by atoms with Crippen LogP contribution in [-0.4, -0.2) is 21.9 Å². The Kier molecular flexibility index (Phi) is 4.52. The van der Waals surface area contributed by atoms with Crippen LogP contribution in [0.2, 0.25) is 0 Å². The maximum Gasteiger partial charge on any atom is 0.269 e. The molecule has 0 aliphatic rings. The van der Waals surface area contributed by atoms with E-state index in [0.717, 1.165) is 27.7 Å². The van der Waals surface area contributed by atoms with Crippen LogP contribution in [0.3, 0.4) is 0 Å². The van der Waals surface area contributed by atoms with Crippen molar-refractivity contribution in [3.8, 4) is 0 Å². The van der Waals surface area contributed by atoms with Crippen LogP contribution in [-0.2, 0) is 6.42 Å². The SMILES string of the molecule is CCc1c(NC)ncnc1Sc1ccc([N+](=O)[O-])cc1. The lowest BCUT2D eigenvalue weighted by Gasteiger charge is -2.10. The number of anilines is 1. The Morgan fingerprint density at radius 1 is 1.30 bits per heavy atom. The number of benzene rings is 1. The van der Waals surface area contributed by atoms with Crippen molar-refractivity contribution in [3.63, 3.8) is 0 Å². The van der Waals surface area contributed by atoms with Gasteiger partial charge in [0.05, 0.1) is 4.92 Å². The fourth-order valence-corrected chi connectivity index (χ4v) is 2.73. The quantitative estimate of drug-likeness (QED) is 0.517. The summed E-state index contributed by atoms with van der Waals surface area (Å²) in [6.07, 6.45) is 2.32. The Morgan fingerprint density at radius 2 is 2.00 bits per heavy atom. The minimum Gasteiger partial charge on any atom is -0.373 e. The highest BCUT2D eigenvalue weighted by atomic mass is 32.2. The van der Waals surface area contributed by atoms with Crippen LogP contribution in [0.1, 0.15) is 12.5 Å². The molecule has 0 saturated heterocycles. The molecule has 104 valence electrons. The normalized spacial score (nSPS) is 10.3. The van der Waals surface area contributed by atoms with E-state index < -0.39 is 4.92 Å². The van der Waals surface area contributed by atoms with Crippen molar-refractivity contribution < 1.29 is 4.92 Å². The molecule has 1 aromatic heterocycles. The molecule has 0 atom stereocenters. The van der Waals surface area contributed by atoms with Gasteiger partial charge in [-0.1, -0.05) is 18.7 Å². The summed E-state index contributed by atoms with van der Waals surface area (Å²) in [5, 5.41) is 14.5. The molecule has 2 aromatic rings. The number of non-ortho nitro benzene ring substituents is 1. The average Bonchev–Trinajstić information content (AvgIpc) is 2.47. The van der Waals surface area contributed by atoms with Gasteiger partial charge in [-0.05, 0) is 18.6 Å². The largest absolute Gasteiger partial charge is 0.373 e. The van der Waals surface area contributed by atoms with E-state index in [0.29, 0.717) is 0 Å². The van der Waals surface area contributed by atoms with Crippen molar-refractivity contribution in [2.45, 2.75) is 23.3 Å². The molecule has 0 aliphatic heterocycles. The second-order valence-electron chi connectivity index (χ2n) is 3.96. The van der Waals surface area contributed by atoms with Crippen LogP contribution in [0.4, 0.5) is 11.5 Å². The van der Waals surface area contributed by atoms with E-state index in [1.165, 1.54) is 30.2 Å². The molecule has 1 heterocycles. The molecule has 7 heteroatoms. The first-order valence-electron chi connectivity index (χ1n) is 6.09. The summed E-state index contributed by atoms with van der Waals surface area (Å²) >= 11 is 1.48. The first kappa shape index (κ1) is 14.3. The number of rotatable bonds is 5. The predicted molar refractivity (Wildman–Crippen MR) is 78.2 cm³/mol. The summed E-state index contributed by atoms with van der Waals surface area (Å²) in [5.41, 5.74) is 1.13. The van der Waals surface area contributed by atoms with E-state index in [9.17, 15) is 10.1 Å². The highest BCUT2D eigenvalue weighted by Crippen LogP contribution is 2.32. The molecule has 0 fully saturated rings. The molecule has 0 spiro atoms. The van der Waals surface area contributed by atoms with E-state index in [2.05, 4.69) is 15.3 Å². The Hall–Kier alpha value is -2.15. The molecule has 1 aromatic carbocycles. The third-order valence-electron chi connectivity index (χ3n) is 2.76. The van der Waals surface area contributed by atoms with Gasteiger partial charge in [0.1, 0.15) is 17.2 Å². The Morgan fingerprint density at radius 3 is 2.55 bits per heavy atom. The third kappa shape index (κ3) is 3.05. The lowest BCUT2D eigenvalue weighted by Crippen LogP contribution is -2.01. The van der Waals surface area contributed by atoms with Crippen molar-refractivity contribution in [2.24, 2.45) is 0 Å². The smallest absolute Gasteiger partial charge is 0.269 e. The molecule has 0 amide bonds. The summed E-state index contributed by atoms with van der Waals surface area (Å²) in [6.45, 7) is 2.04. The van der Waals surface area contributed by atoms with Crippen molar-refractivity contribution in [2.75, 3.05) is 12.4 Å². The molecule has 20 heavy (non-hydrogen) atoms. The van der Waals surface area contributed by atoms with E-state index in [-0.39, 0.29) is 5.69 Å². The van der Waals surface area contributed by atoms with Crippen molar-refractivity contribution in [1.29, 1.82) is 0 Å². The van der Waals surface area contributed by atoms with Crippen LogP contribution in [0.25, 0.3) is 0 Å². The lowest BCUT2D eigenvalue weighted by molar-refractivity contribution is -0.384. The minimum atomic E-state index is -0.407. The van der Waals surface area contributed by atoms with Gasteiger partial charge < -0.3 is 5.32 Å². The molecule has 0 radical (unpaired) electrons. The Balaban J connectivity index is 2.27. The zero-order valence-corrected chi connectivity index (χ0v) is 12.0.